The summed E-state index contributed by atoms with van der Waals surface area (Å²) in [5.74, 6) is -0.297. The van der Waals surface area contributed by atoms with Crippen LogP contribution in [-0.4, -0.2) is 12.0 Å². The maximum absolute atomic E-state index is 12.9. The van der Waals surface area contributed by atoms with Crippen molar-refractivity contribution >= 4 is 11.3 Å². The van der Waals surface area contributed by atoms with Crippen LogP contribution in [0.3, 0.4) is 0 Å². The molecule has 0 amide bonds. The summed E-state index contributed by atoms with van der Waals surface area (Å²) >= 11 is 1.66. The van der Waals surface area contributed by atoms with E-state index < -0.39 is 0 Å². The maximum Gasteiger partial charge on any atom is 0.142 e. The molecule has 2 rings (SSSR count). The summed E-state index contributed by atoms with van der Waals surface area (Å²) in [5.41, 5.74) is 1.85. The summed E-state index contributed by atoms with van der Waals surface area (Å²) in [5, 5.41) is 5.10. The second kappa shape index (κ2) is 4.51. The molecule has 4 heteroatoms. The summed E-state index contributed by atoms with van der Waals surface area (Å²) in [7, 11) is 1.91. The number of thiophene rings is 1. The van der Waals surface area contributed by atoms with Crippen molar-refractivity contribution < 1.29 is 4.39 Å². The highest BCUT2D eigenvalue weighted by Crippen LogP contribution is 2.25. The summed E-state index contributed by atoms with van der Waals surface area (Å²) in [6.07, 6.45) is 2.89. The first-order chi connectivity index (χ1) is 7.29. The van der Waals surface area contributed by atoms with Crippen molar-refractivity contribution in [3.8, 4) is 11.1 Å². The molecular formula is C11H11FN2S. The molecule has 0 spiro atoms. The number of nitrogens with zero attached hydrogens (tertiary/aromatic N) is 1. The zero-order chi connectivity index (χ0) is 10.7. The van der Waals surface area contributed by atoms with Gasteiger partial charge >= 0.3 is 0 Å². The van der Waals surface area contributed by atoms with Crippen molar-refractivity contribution in [2.45, 2.75) is 6.54 Å². The Balaban J connectivity index is 2.29. The van der Waals surface area contributed by atoms with Crippen LogP contribution in [0.25, 0.3) is 11.1 Å². The van der Waals surface area contributed by atoms with E-state index in [2.05, 4.69) is 16.4 Å². The minimum absolute atomic E-state index is 0.297. The molecule has 78 valence electrons. The molecule has 0 aromatic carbocycles. The highest BCUT2D eigenvalue weighted by atomic mass is 32.1. The lowest BCUT2D eigenvalue weighted by Gasteiger charge is -1.96. The fraction of sp³-hybridized carbons (Fsp3) is 0.182. The molecule has 0 radical (unpaired) electrons. The van der Waals surface area contributed by atoms with E-state index in [4.69, 9.17) is 0 Å². The van der Waals surface area contributed by atoms with Gasteiger partial charge in [-0.1, -0.05) is 0 Å². The second-order valence-corrected chi connectivity index (χ2v) is 4.22. The van der Waals surface area contributed by atoms with E-state index in [1.807, 2.05) is 12.4 Å². The molecule has 0 fully saturated rings. The monoisotopic (exact) mass is 222 g/mol. The van der Waals surface area contributed by atoms with Gasteiger partial charge in [-0.3, -0.25) is 4.98 Å². The fourth-order valence-corrected chi connectivity index (χ4v) is 2.27. The number of halogens is 1. The molecule has 0 bridgehead atoms. The van der Waals surface area contributed by atoms with Gasteiger partial charge in [-0.15, -0.1) is 11.3 Å². The molecule has 15 heavy (non-hydrogen) atoms. The van der Waals surface area contributed by atoms with Gasteiger partial charge in [0.05, 0.1) is 6.20 Å². The SMILES string of the molecule is CNCc1cc(-c2cncc(F)c2)cs1. The highest BCUT2D eigenvalue weighted by Gasteiger charge is 2.03. The van der Waals surface area contributed by atoms with Crippen LogP contribution in [0.4, 0.5) is 4.39 Å². The summed E-state index contributed by atoms with van der Waals surface area (Å²) in [6, 6.07) is 3.55. The zero-order valence-corrected chi connectivity index (χ0v) is 9.14. The van der Waals surface area contributed by atoms with Crippen LogP contribution in [0, 0.1) is 5.82 Å². The van der Waals surface area contributed by atoms with Gasteiger partial charge in [0.2, 0.25) is 0 Å². The van der Waals surface area contributed by atoms with Gasteiger partial charge in [0.1, 0.15) is 5.82 Å². The van der Waals surface area contributed by atoms with E-state index in [9.17, 15) is 4.39 Å². The molecular weight excluding hydrogens is 211 g/mol. The van der Waals surface area contributed by atoms with Crippen molar-refractivity contribution in [3.05, 3.63) is 40.6 Å². The van der Waals surface area contributed by atoms with Gasteiger partial charge in [0.15, 0.2) is 0 Å². The summed E-state index contributed by atoms with van der Waals surface area (Å²) in [6.45, 7) is 0.841. The van der Waals surface area contributed by atoms with Crippen LogP contribution in [-0.2, 0) is 6.54 Å². The number of aromatic nitrogens is 1. The number of hydrogen-bond donors (Lipinski definition) is 1. The summed E-state index contributed by atoms with van der Waals surface area (Å²) in [4.78, 5) is 5.06. The Morgan fingerprint density at radius 2 is 2.20 bits per heavy atom. The third-order valence-corrected chi connectivity index (χ3v) is 2.98. The van der Waals surface area contributed by atoms with Crippen molar-refractivity contribution in [3.63, 3.8) is 0 Å². The van der Waals surface area contributed by atoms with E-state index in [1.54, 1.807) is 17.5 Å². The van der Waals surface area contributed by atoms with E-state index in [-0.39, 0.29) is 5.82 Å². The van der Waals surface area contributed by atoms with E-state index in [0.29, 0.717) is 0 Å². The molecule has 2 aromatic rings. The van der Waals surface area contributed by atoms with Gasteiger partial charge in [0.25, 0.3) is 0 Å². The number of hydrogen-bond acceptors (Lipinski definition) is 3. The highest BCUT2D eigenvalue weighted by molar-refractivity contribution is 7.10. The van der Waals surface area contributed by atoms with Crippen molar-refractivity contribution in [2.75, 3.05) is 7.05 Å². The van der Waals surface area contributed by atoms with Crippen LogP contribution >= 0.6 is 11.3 Å². The first-order valence-corrected chi connectivity index (χ1v) is 5.50. The molecule has 0 saturated carbocycles. The Hall–Kier alpha value is -1.26. The molecule has 0 aliphatic heterocycles. The third kappa shape index (κ3) is 2.40. The first kappa shape index (κ1) is 10.3. The Kier molecular flexibility index (Phi) is 3.08. The van der Waals surface area contributed by atoms with E-state index in [0.717, 1.165) is 17.7 Å². The van der Waals surface area contributed by atoms with Crippen molar-refractivity contribution in [1.29, 1.82) is 0 Å². The fourth-order valence-electron chi connectivity index (χ4n) is 1.37. The van der Waals surface area contributed by atoms with Crippen molar-refractivity contribution in [2.24, 2.45) is 0 Å². The molecule has 2 heterocycles. The quantitative estimate of drug-likeness (QED) is 0.863. The Morgan fingerprint density at radius 1 is 1.33 bits per heavy atom. The van der Waals surface area contributed by atoms with E-state index >= 15 is 0 Å². The minimum Gasteiger partial charge on any atom is -0.315 e. The zero-order valence-electron chi connectivity index (χ0n) is 8.33. The summed E-state index contributed by atoms with van der Waals surface area (Å²) < 4.78 is 12.9. The average Bonchev–Trinajstić information content (AvgIpc) is 2.67. The van der Waals surface area contributed by atoms with Crippen LogP contribution in [0.2, 0.25) is 0 Å². The number of pyridine rings is 1. The molecule has 1 N–H and O–H groups in total. The molecule has 2 aromatic heterocycles. The third-order valence-electron chi connectivity index (χ3n) is 2.04. The molecule has 0 saturated heterocycles. The first-order valence-electron chi connectivity index (χ1n) is 4.62. The molecule has 0 aliphatic carbocycles. The predicted molar refractivity (Wildman–Crippen MR) is 60.3 cm³/mol. The molecule has 0 aliphatic rings. The van der Waals surface area contributed by atoms with Crippen LogP contribution < -0.4 is 5.32 Å². The lowest BCUT2D eigenvalue weighted by atomic mass is 10.1. The standard InChI is InChI=1S/C11H11FN2S/c1-13-6-11-3-9(7-15-11)8-2-10(12)5-14-4-8/h2-5,7,13H,6H2,1H3. The van der Waals surface area contributed by atoms with Crippen LogP contribution in [0.15, 0.2) is 29.9 Å². The van der Waals surface area contributed by atoms with Gasteiger partial charge < -0.3 is 5.32 Å². The lowest BCUT2D eigenvalue weighted by molar-refractivity contribution is 0.622. The smallest absolute Gasteiger partial charge is 0.142 e. The van der Waals surface area contributed by atoms with Gasteiger partial charge in [-0.05, 0) is 30.1 Å². The Bertz CT molecular complexity index is 453. The molecule has 2 nitrogen and oxygen atoms in total. The van der Waals surface area contributed by atoms with Gasteiger partial charge in [0, 0.05) is 23.2 Å². The normalized spacial score (nSPS) is 10.5. The minimum atomic E-state index is -0.297. The Morgan fingerprint density at radius 3 is 2.93 bits per heavy atom. The van der Waals surface area contributed by atoms with Gasteiger partial charge in [-0.25, -0.2) is 4.39 Å². The molecule has 0 atom stereocenters. The lowest BCUT2D eigenvalue weighted by Crippen LogP contribution is -2.02. The van der Waals surface area contributed by atoms with Gasteiger partial charge in [-0.2, -0.15) is 0 Å². The largest absolute Gasteiger partial charge is 0.315 e. The van der Waals surface area contributed by atoms with Crippen LogP contribution in [0.1, 0.15) is 4.88 Å². The van der Waals surface area contributed by atoms with E-state index in [1.165, 1.54) is 17.1 Å². The average molecular weight is 222 g/mol. The number of rotatable bonds is 3. The van der Waals surface area contributed by atoms with Crippen LogP contribution in [0.5, 0.6) is 0 Å². The Labute approximate surface area is 91.8 Å². The topological polar surface area (TPSA) is 24.9 Å². The predicted octanol–water partition coefficient (Wildman–Crippen LogP) is 2.67. The van der Waals surface area contributed by atoms with Crippen molar-refractivity contribution in [1.82, 2.24) is 10.3 Å². The molecule has 0 unspecified atom stereocenters. The second-order valence-electron chi connectivity index (χ2n) is 3.22. The number of nitrogens with one attached hydrogen (secondary N) is 1. The maximum atomic E-state index is 12.9.